The van der Waals surface area contributed by atoms with Crippen molar-refractivity contribution < 1.29 is 19.1 Å². The van der Waals surface area contributed by atoms with E-state index in [1.54, 1.807) is 4.90 Å². The SMILES string of the molecule is COC(=O)c1cnc(N2CCC3(CC2)C(=O)NC(=O)N3CC(C)C)cn1. The van der Waals surface area contributed by atoms with Gasteiger partial charge in [0, 0.05) is 19.6 Å². The zero-order chi connectivity index (χ0) is 18.9. The fraction of sp³-hybridized carbons (Fsp3) is 0.588. The van der Waals surface area contributed by atoms with E-state index in [9.17, 15) is 14.4 Å². The molecule has 3 rings (SSSR count). The Morgan fingerprint density at radius 1 is 1.27 bits per heavy atom. The van der Waals surface area contributed by atoms with Crippen LogP contribution in [0, 0.1) is 5.92 Å². The average Bonchev–Trinajstić information content (AvgIpc) is 2.85. The Bertz CT molecular complexity index is 710. The Labute approximate surface area is 151 Å². The van der Waals surface area contributed by atoms with Crippen LogP contribution in [0.2, 0.25) is 0 Å². The maximum atomic E-state index is 12.5. The van der Waals surface area contributed by atoms with Gasteiger partial charge in [0.1, 0.15) is 11.4 Å². The van der Waals surface area contributed by atoms with Gasteiger partial charge in [0.25, 0.3) is 5.91 Å². The molecule has 0 bridgehead atoms. The van der Waals surface area contributed by atoms with Gasteiger partial charge >= 0.3 is 12.0 Å². The summed E-state index contributed by atoms with van der Waals surface area (Å²) in [7, 11) is 1.29. The molecule has 3 heterocycles. The number of imide groups is 1. The third-order valence-electron chi connectivity index (χ3n) is 4.90. The molecule has 0 aromatic carbocycles. The molecule has 1 aromatic rings. The minimum Gasteiger partial charge on any atom is -0.464 e. The lowest BCUT2D eigenvalue weighted by molar-refractivity contribution is -0.127. The van der Waals surface area contributed by atoms with Gasteiger partial charge < -0.3 is 14.5 Å². The lowest BCUT2D eigenvalue weighted by Gasteiger charge is -2.43. The molecule has 140 valence electrons. The monoisotopic (exact) mass is 361 g/mol. The normalized spacial score (nSPS) is 19.2. The Morgan fingerprint density at radius 3 is 2.50 bits per heavy atom. The number of esters is 1. The summed E-state index contributed by atoms with van der Waals surface area (Å²) < 4.78 is 4.61. The van der Waals surface area contributed by atoms with Gasteiger partial charge in [-0.3, -0.25) is 10.1 Å². The second-order valence-electron chi connectivity index (χ2n) is 7.03. The Balaban J connectivity index is 1.72. The first-order valence-corrected chi connectivity index (χ1v) is 8.66. The highest BCUT2D eigenvalue weighted by atomic mass is 16.5. The number of aromatic nitrogens is 2. The van der Waals surface area contributed by atoms with Crippen molar-refractivity contribution in [3.8, 4) is 0 Å². The Morgan fingerprint density at radius 2 is 1.96 bits per heavy atom. The minimum atomic E-state index is -0.781. The number of nitrogens with zero attached hydrogens (tertiary/aromatic N) is 4. The Hall–Kier alpha value is -2.71. The van der Waals surface area contributed by atoms with Crippen LogP contribution in [0.15, 0.2) is 12.4 Å². The predicted octanol–water partition coefficient (Wildman–Crippen LogP) is 0.810. The molecule has 9 heteroatoms. The number of nitrogens with one attached hydrogen (secondary N) is 1. The maximum absolute atomic E-state index is 12.5. The third-order valence-corrected chi connectivity index (χ3v) is 4.90. The highest BCUT2D eigenvalue weighted by molar-refractivity contribution is 6.07. The summed E-state index contributed by atoms with van der Waals surface area (Å²) in [5, 5.41) is 2.46. The van der Waals surface area contributed by atoms with E-state index >= 15 is 0 Å². The molecule has 0 saturated carbocycles. The predicted molar refractivity (Wildman–Crippen MR) is 92.6 cm³/mol. The summed E-state index contributed by atoms with van der Waals surface area (Å²) in [6.45, 7) is 5.74. The van der Waals surface area contributed by atoms with Gasteiger partial charge in [-0.05, 0) is 18.8 Å². The molecule has 0 radical (unpaired) electrons. The molecular formula is C17H23N5O4. The number of ether oxygens (including phenoxy) is 1. The van der Waals surface area contributed by atoms with Crippen LogP contribution in [-0.4, -0.2) is 65.1 Å². The van der Waals surface area contributed by atoms with Gasteiger partial charge in [0.05, 0.1) is 19.5 Å². The van der Waals surface area contributed by atoms with E-state index in [0.717, 1.165) is 0 Å². The second-order valence-corrected chi connectivity index (χ2v) is 7.03. The summed E-state index contributed by atoms with van der Waals surface area (Å²) >= 11 is 0. The third kappa shape index (κ3) is 3.09. The molecule has 0 unspecified atom stereocenters. The Kier molecular flexibility index (Phi) is 4.80. The first-order valence-electron chi connectivity index (χ1n) is 8.66. The van der Waals surface area contributed by atoms with E-state index in [4.69, 9.17) is 0 Å². The number of amides is 3. The van der Waals surface area contributed by atoms with E-state index in [1.165, 1.54) is 19.5 Å². The van der Waals surface area contributed by atoms with Crippen LogP contribution in [-0.2, 0) is 9.53 Å². The molecule has 1 spiro atoms. The molecule has 1 aromatic heterocycles. The molecule has 2 aliphatic heterocycles. The summed E-state index contributed by atoms with van der Waals surface area (Å²) in [5.74, 6) is 0.160. The van der Waals surface area contributed by atoms with Crippen molar-refractivity contribution in [2.75, 3.05) is 31.6 Å². The molecule has 26 heavy (non-hydrogen) atoms. The zero-order valence-electron chi connectivity index (χ0n) is 15.2. The minimum absolute atomic E-state index is 0.147. The molecule has 2 aliphatic rings. The van der Waals surface area contributed by atoms with Gasteiger partial charge in [-0.15, -0.1) is 0 Å². The number of rotatable bonds is 4. The molecule has 3 amide bonds. The zero-order valence-corrected chi connectivity index (χ0v) is 15.2. The standard InChI is InChI=1S/C17H23N5O4/c1-11(2)10-22-16(25)20-15(24)17(22)4-6-21(7-5-17)13-9-18-12(8-19-13)14(23)26-3/h8-9,11H,4-7,10H2,1-3H3,(H,20,24,25). The molecule has 9 nitrogen and oxygen atoms in total. The maximum Gasteiger partial charge on any atom is 0.358 e. The number of anilines is 1. The number of urea groups is 1. The van der Waals surface area contributed by atoms with Gasteiger partial charge in [-0.1, -0.05) is 13.8 Å². The summed E-state index contributed by atoms with van der Waals surface area (Å²) in [4.78, 5) is 48.1. The number of carbonyl (C=O) groups excluding carboxylic acids is 3. The molecule has 1 N–H and O–H groups in total. The van der Waals surface area contributed by atoms with Gasteiger partial charge in [-0.25, -0.2) is 19.6 Å². The van der Waals surface area contributed by atoms with Crippen molar-refractivity contribution in [2.45, 2.75) is 32.2 Å². The van der Waals surface area contributed by atoms with Crippen molar-refractivity contribution >= 4 is 23.7 Å². The number of methoxy groups -OCH3 is 1. The quantitative estimate of drug-likeness (QED) is 0.625. The van der Waals surface area contributed by atoms with E-state index < -0.39 is 11.5 Å². The fourth-order valence-electron chi connectivity index (χ4n) is 3.52. The largest absolute Gasteiger partial charge is 0.464 e. The van der Waals surface area contributed by atoms with Crippen molar-refractivity contribution in [2.24, 2.45) is 5.92 Å². The molecule has 0 aliphatic carbocycles. The van der Waals surface area contributed by atoms with E-state index in [0.29, 0.717) is 38.3 Å². The lowest BCUT2D eigenvalue weighted by atomic mass is 9.85. The van der Waals surface area contributed by atoms with E-state index in [1.807, 2.05) is 18.7 Å². The summed E-state index contributed by atoms with van der Waals surface area (Å²) in [5.41, 5.74) is -0.634. The van der Waals surface area contributed by atoms with Crippen LogP contribution in [0.1, 0.15) is 37.2 Å². The van der Waals surface area contributed by atoms with Crippen molar-refractivity contribution in [1.82, 2.24) is 20.2 Å². The van der Waals surface area contributed by atoms with Crippen LogP contribution in [0.5, 0.6) is 0 Å². The van der Waals surface area contributed by atoms with Crippen LogP contribution < -0.4 is 10.2 Å². The number of hydrogen-bond acceptors (Lipinski definition) is 7. The fourth-order valence-corrected chi connectivity index (χ4v) is 3.52. The number of hydrogen-bond donors (Lipinski definition) is 1. The van der Waals surface area contributed by atoms with E-state index in [-0.39, 0.29) is 23.6 Å². The van der Waals surface area contributed by atoms with Crippen LogP contribution >= 0.6 is 0 Å². The topological polar surface area (TPSA) is 105 Å². The van der Waals surface area contributed by atoms with Crippen LogP contribution in [0.3, 0.4) is 0 Å². The van der Waals surface area contributed by atoms with Gasteiger partial charge in [0.2, 0.25) is 0 Å². The van der Waals surface area contributed by atoms with Gasteiger partial charge in [0.15, 0.2) is 5.69 Å². The molecule has 2 saturated heterocycles. The molecule has 0 atom stereocenters. The highest BCUT2D eigenvalue weighted by Crippen LogP contribution is 2.34. The number of piperidine rings is 1. The number of carbonyl (C=O) groups is 3. The van der Waals surface area contributed by atoms with E-state index in [2.05, 4.69) is 20.0 Å². The van der Waals surface area contributed by atoms with Crippen molar-refractivity contribution in [3.05, 3.63) is 18.1 Å². The smallest absolute Gasteiger partial charge is 0.358 e. The molecular weight excluding hydrogens is 338 g/mol. The van der Waals surface area contributed by atoms with Crippen LogP contribution in [0.25, 0.3) is 0 Å². The van der Waals surface area contributed by atoms with Crippen molar-refractivity contribution in [3.63, 3.8) is 0 Å². The summed E-state index contributed by atoms with van der Waals surface area (Å²) in [6, 6.07) is -0.306. The lowest BCUT2D eigenvalue weighted by Crippen LogP contribution is -2.57. The van der Waals surface area contributed by atoms with Gasteiger partial charge in [-0.2, -0.15) is 0 Å². The van der Waals surface area contributed by atoms with Crippen LogP contribution in [0.4, 0.5) is 10.6 Å². The van der Waals surface area contributed by atoms with Crippen molar-refractivity contribution in [1.29, 1.82) is 0 Å². The first kappa shape index (κ1) is 18.1. The average molecular weight is 361 g/mol. The highest BCUT2D eigenvalue weighted by Gasteiger charge is 2.54. The molecule has 2 fully saturated rings. The second kappa shape index (κ2) is 6.89. The summed E-state index contributed by atoms with van der Waals surface area (Å²) in [6.07, 6.45) is 3.95. The first-order chi connectivity index (χ1) is 12.4.